The third kappa shape index (κ3) is 4.50. The molecule has 118 valence electrons. The Labute approximate surface area is 129 Å². The van der Waals surface area contributed by atoms with E-state index in [0.717, 1.165) is 0 Å². The second-order valence-corrected chi connectivity index (χ2v) is 7.08. The van der Waals surface area contributed by atoms with Crippen LogP contribution in [0.25, 0.3) is 0 Å². The average molecular weight is 336 g/mol. The number of benzene rings is 1. The van der Waals surface area contributed by atoms with Crippen LogP contribution in [-0.2, 0) is 20.3 Å². The molecule has 0 unspecified atom stereocenters. The highest BCUT2D eigenvalue weighted by Crippen LogP contribution is 2.34. The molecule has 0 aliphatic heterocycles. The van der Waals surface area contributed by atoms with Gasteiger partial charge in [-0.1, -0.05) is 0 Å². The minimum Gasteiger partial charge on any atom is -0.493 e. The topological polar surface area (TPSA) is 72.9 Å². The fourth-order valence-corrected chi connectivity index (χ4v) is 2.94. The molecule has 1 amide bonds. The molecule has 0 saturated carbocycles. The fourth-order valence-electron chi connectivity index (χ4n) is 1.79. The standard InChI is InChI=1S/C13H18ClNO5S/c1-15(2)13(16)6-5-9-7-10(19-3)11(20-4)8-12(9)21(14,17)18/h7-8H,5-6H2,1-4H3. The number of hydrogen-bond acceptors (Lipinski definition) is 5. The molecule has 0 radical (unpaired) electrons. The number of methoxy groups -OCH3 is 2. The van der Waals surface area contributed by atoms with E-state index in [1.807, 2.05) is 0 Å². The maximum Gasteiger partial charge on any atom is 0.261 e. The lowest BCUT2D eigenvalue weighted by Gasteiger charge is -2.14. The fraction of sp³-hybridized carbons (Fsp3) is 0.462. The van der Waals surface area contributed by atoms with Crippen LogP contribution in [0.4, 0.5) is 0 Å². The summed E-state index contributed by atoms with van der Waals surface area (Å²) < 4.78 is 33.6. The molecule has 1 rings (SSSR count). The number of hydrogen-bond donors (Lipinski definition) is 0. The van der Waals surface area contributed by atoms with Crippen LogP contribution in [0.15, 0.2) is 17.0 Å². The Kier molecular flexibility index (Phi) is 5.86. The van der Waals surface area contributed by atoms with Gasteiger partial charge in [-0.3, -0.25) is 4.79 Å². The first-order valence-corrected chi connectivity index (χ1v) is 8.41. The SMILES string of the molecule is COc1cc(CCC(=O)N(C)C)c(S(=O)(=O)Cl)cc1OC. The maximum atomic E-state index is 11.7. The van der Waals surface area contributed by atoms with Crippen LogP contribution < -0.4 is 9.47 Å². The predicted octanol–water partition coefficient (Wildman–Crippen LogP) is 1.65. The van der Waals surface area contributed by atoms with Gasteiger partial charge in [0.25, 0.3) is 9.05 Å². The molecular formula is C13H18ClNO5S. The third-order valence-electron chi connectivity index (χ3n) is 2.94. The van der Waals surface area contributed by atoms with Crippen molar-refractivity contribution in [2.45, 2.75) is 17.7 Å². The van der Waals surface area contributed by atoms with Crippen LogP contribution >= 0.6 is 10.7 Å². The van der Waals surface area contributed by atoms with E-state index < -0.39 is 9.05 Å². The van der Waals surface area contributed by atoms with Gasteiger partial charge in [-0.2, -0.15) is 0 Å². The molecule has 0 aliphatic rings. The molecule has 0 atom stereocenters. The molecule has 0 fully saturated rings. The summed E-state index contributed by atoms with van der Waals surface area (Å²) in [5, 5.41) is 0. The highest BCUT2D eigenvalue weighted by Gasteiger charge is 2.21. The number of rotatable bonds is 6. The minimum absolute atomic E-state index is 0.0756. The molecular weight excluding hydrogens is 318 g/mol. The number of amides is 1. The zero-order valence-electron chi connectivity index (χ0n) is 12.3. The average Bonchev–Trinajstić information content (AvgIpc) is 2.42. The summed E-state index contributed by atoms with van der Waals surface area (Å²) in [5.41, 5.74) is 0.415. The lowest BCUT2D eigenvalue weighted by atomic mass is 10.1. The van der Waals surface area contributed by atoms with Crippen molar-refractivity contribution in [2.75, 3.05) is 28.3 Å². The Morgan fingerprint density at radius 3 is 2.14 bits per heavy atom. The number of ether oxygens (including phenoxy) is 2. The molecule has 8 heteroatoms. The summed E-state index contributed by atoms with van der Waals surface area (Å²) in [6.07, 6.45) is 0.403. The highest BCUT2D eigenvalue weighted by atomic mass is 35.7. The molecule has 1 aromatic rings. The quantitative estimate of drug-likeness (QED) is 0.739. The molecule has 0 saturated heterocycles. The van der Waals surface area contributed by atoms with Crippen molar-refractivity contribution < 1.29 is 22.7 Å². The van der Waals surface area contributed by atoms with Gasteiger partial charge in [-0.25, -0.2) is 8.42 Å². The van der Waals surface area contributed by atoms with E-state index in [2.05, 4.69) is 0 Å². The van der Waals surface area contributed by atoms with Gasteiger partial charge < -0.3 is 14.4 Å². The number of carbonyl (C=O) groups excluding carboxylic acids is 1. The smallest absolute Gasteiger partial charge is 0.261 e. The van der Waals surface area contributed by atoms with Gasteiger partial charge in [-0.05, 0) is 18.1 Å². The zero-order chi connectivity index (χ0) is 16.2. The minimum atomic E-state index is -3.95. The summed E-state index contributed by atoms with van der Waals surface area (Å²) in [5.74, 6) is 0.538. The van der Waals surface area contributed by atoms with E-state index >= 15 is 0 Å². The third-order valence-corrected chi connectivity index (χ3v) is 4.34. The van der Waals surface area contributed by atoms with Gasteiger partial charge in [-0.15, -0.1) is 0 Å². The number of aryl methyl sites for hydroxylation is 1. The van der Waals surface area contributed by atoms with Gasteiger partial charge >= 0.3 is 0 Å². The van der Waals surface area contributed by atoms with Crippen LogP contribution in [0.5, 0.6) is 11.5 Å². The van der Waals surface area contributed by atoms with Crippen molar-refractivity contribution in [1.82, 2.24) is 4.90 Å². The van der Waals surface area contributed by atoms with E-state index in [1.54, 1.807) is 14.1 Å². The van der Waals surface area contributed by atoms with E-state index in [0.29, 0.717) is 11.3 Å². The van der Waals surface area contributed by atoms with E-state index in [4.69, 9.17) is 20.2 Å². The first-order valence-electron chi connectivity index (χ1n) is 6.10. The molecule has 21 heavy (non-hydrogen) atoms. The lowest BCUT2D eigenvalue weighted by Crippen LogP contribution is -2.22. The molecule has 0 N–H and O–H groups in total. The molecule has 0 spiro atoms. The van der Waals surface area contributed by atoms with Crippen LogP contribution in [-0.4, -0.2) is 47.5 Å². The number of halogens is 1. The molecule has 0 aliphatic carbocycles. The van der Waals surface area contributed by atoms with Gasteiger partial charge in [0, 0.05) is 37.3 Å². The van der Waals surface area contributed by atoms with Crippen LogP contribution in [0.1, 0.15) is 12.0 Å². The summed E-state index contributed by atoms with van der Waals surface area (Å²) in [7, 11) is 7.62. The Morgan fingerprint density at radius 1 is 1.19 bits per heavy atom. The van der Waals surface area contributed by atoms with Crippen molar-refractivity contribution in [3.8, 4) is 11.5 Å². The van der Waals surface area contributed by atoms with Crippen molar-refractivity contribution in [3.63, 3.8) is 0 Å². The molecule has 0 aromatic heterocycles. The first-order chi connectivity index (χ1) is 9.70. The molecule has 1 aromatic carbocycles. The van der Waals surface area contributed by atoms with Crippen molar-refractivity contribution in [1.29, 1.82) is 0 Å². The van der Waals surface area contributed by atoms with Crippen LogP contribution in [0, 0.1) is 0 Å². The van der Waals surface area contributed by atoms with E-state index in [9.17, 15) is 13.2 Å². The van der Waals surface area contributed by atoms with Gasteiger partial charge in [0.2, 0.25) is 5.91 Å². The van der Waals surface area contributed by atoms with E-state index in [-0.39, 0.29) is 29.4 Å². The number of carbonyl (C=O) groups is 1. The van der Waals surface area contributed by atoms with Crippen molar-refractivity contribution in [2.24, 2.45) is 0 Å². The zero-order valence-corrected chi connectivity index (χ0v) is 13.9. The predicted molar refractivity (Wildman–Crippen MR) is 79.6 cm³/mol. The van der Waals surface area contributed by atoms with Gasteiger partial charge in [0.1, 0.15) is 0 Å². The Balaban J connectivity index is 3.25. The summed E-state index contributed by atoms with van der Waals surface area (Å²) >= 11 is 0. The second kappa shape index (κ2) is 7.00. The summed E-state index contributed by atoms with van der Waals surface area (Å²) in [6.45, 7) is 0. The second-order valence-electron chi connectivity index (χ2n) is 4.54. The Hall–Kier alpha value is -1.47. The monoisotopic (exact) mass is 335 g/mol. The first kappa shape index (κ1) is 17.6. The summed E-state index contributed by atoms with van der Waals surface area (Å²) in [4.78, 5) is 13.0. The normalized spacial score (nSPS) is 11.1. The molecule has 0 heterocycles. The van der Waals surface area contributed by atoms with Gasteiger partial charge in [0.05, 0.1) is 19.1 Å². The van der Waals surface area contributed by atoms with Crippen LogP contribution in [0.2, 0.25) is 0 Å². The highest BCUT2D eigenvalue weighted by molar-refractivity contribution is 8.13. The van der Waals surface area contributed by atoms with E-state index in [1.165, 1.54) is 31.3 Å². The molecule has 6 nitrogen and oxygen atoms in total. The molecule has 0 bridgehead atoms. The van der Waals surface area contributed by atoms with Gasteiger partial charge in [0.15, 0.2) is 11.5 Å². The Bertz CT molecular complexity index is 628. The summed E-state index contributed by atoms with van der Waals surface area (Å²) in [6, 6.07) is 2.83. The number of nitrogens with zero attached hydrogens (tertiary/aromatic N) is 1. The maximum absolute atomic E-state index is 11.7. The Morgan fingerprint density at radius 2 is 1.71 bits per heavy atom. The van der Waals surface area contributed by atoms with Crippen LogP contribution in [0.3, 0.4) is 0 Å². The van der Waals surface area contributed by atoms with Crippen molar-refractivity contribution >= 4 is 25.6 Å². The van der Waals surface area contributed by atoms with Crippen molar-refractivity contribution in [3.05, 3.63) is 17.7 Å². The lowest BCUT2D eigenvalue weighted by molar-refractivity contribution is -0.128. The largest absolute Gasteiger partial charge is 0.493 e.